The molecule has 1 saturated heterocycles. The molecule has 2 aromatic heterocycles. The molecule has 13 heteroatoms. The van der Waals surface area contributed by atoms with Crippen molar-refractivity contribution in [3.63, 3.8) is 0 Å². The normalized spacial score (nSPS) is 28.6. The first-order valence-corrected chi connectivity index (χ1v) is 9.96. The van der Waals surface area contributed by atoms with E-state index in [1.165, 1.54) is 10.9 Å². The van der Waals surface area contributed by atoms with Gasteiger partial charge in [0.15, 0.2) is 22.4 Å². The zero-order chi connectivity index (χ0) is 20.1. The van der Waals surface area contributed by atoms with Gasteiger partial charge in [0.25, 0.3) is 0 Å². The lowest BCUT2D eigenvalue weighted by molar-refractivity contribution is -0.0505. The minimum atomic E-state index is -4.38. The summed E-state index contributed by atoms with van der Waals surface area (Å²) in [6.07, 6.45) is -3.66. The van der Waals surface area contributed by atoms with Crippen molar-refractivity contribution in [2.24, 2.45) is 0 Å². The monoisotopic (exact) mass is 422 g/mol. The summed E-state index contributed by atoms with van der Waals surface area (Å²) in [6.45, 7) is 3.37. The Kier molecular flexibility index (Phi) is 5.34. The van der Waals surface area contributed by atoms with Gasteiger partial charge in [-0.15, -0.1) is 0 Å². The van der Waals surface area contributed by atoms with E-state index in [1.807, 2.05) is 0 Å². The zero-order valence-corrected chi connectivity index (χ0v) is 16.4. The molecule has 150 valence electrons. The van der Waals surface area contributed by atoms with Crippen LogP contribution in [0.25, 0.3) is 11.2 Å². The summed E-state index contributed by atoms with van der Waals surface area (Å²) in [6, 6.07) is 0. The number of imidazole rings is 1. The minimum Gasteiger partial charge on any atom is -0.387 e. The van der Waals surface area contributed by atoms with Crippen LogP contribution in [0.15, 0.2) is 6.33 Å². The molecular weight excluding hydrogens is 403 g/mol. The molecule has 3 rings (SSSR count). The summed E-state index contributed by atoms with van der Waals surface area (Å²) in [5.41, 5.74) is 0.601. The predicted octanol–water partition coefficient (Wildman–Crippen LogP) is 0.338. The van der Waals surface area contributed by atoms with Gasteiger partial charge in [-0.25, -0.2) is 15.0 Å². The average Bonchev–Trinajstić information content (AvgIpc) is 3.07. The Morgan fingerprint density at radius 3 is 2.67 bits per heavy atom. The summed E-state index contributed by atoms with van der Waals surface area (Å²) in [4.78, 5) is 22.1. The Balaban J connectivity index is 1.83. The lowest BCUT2D eigenvalue weighted by Gasteiger charge is -2.25. The number of ether oxygens (including phenoxy) is 1. The highest BCUT2D eigenvalue weighted by molar-refractivity contribution is 7.54. The first kappa shape index (κ1) is 20.6. The zero-order valence-electron chi connectivity index (χ0n) is 14.7. The number of nitrogens with zero attached hydrogens (tertiary/aromatic N) is 4. The second-order valence-corrected chi connectivity index (χ2v) is 9.49. The Morgan fingerprint density at radius 1 is 1.37 bits per heavy atom. The van der Waals surface area contributed by atoms with E-state index < -0.39 is 44.1 Å². The quantitative estimate of drug-likeness (QED) is 0.390. The van der Waals surface area contributed by atoms with Gasteiger partial charge in [-0.1, -0.05) is 11.6 Å². The highest BCUT2D eigenvalue weighted by atomic mass is 35.5. The van der Waals surface area contributed by atoms with E-state index in [0.717, 1.165) is 13.8 Å². The van der Waals surface area contributed by atoms with Gasteiger partial charge in [-0.05, 0) is 20.8 Å². The van der Waals surface area contributed by atoms with Crippen LogP contribution in [0.5, 0.6) is 0 Å². The van der Waals surface area contributed by atoms with E-state index in [2.05, 4.69) is 15.0 Å². The first-order chi connectivity index (χ1) is 12.4. The molecule has 0 spiro atoms. The number of hydrogen-bond donors (Lipinski definition) is 4. The van der Waals surface area contributed by atoms with Crippen LogP contribution in [-0.4, -0.2) is 70.0 Å². The lowest BCUT2D eigenvalue weighted by atomic mass is 10.1. The Labute approximate surface area is 159 Å². The second kappa shape index (κ2) is 7.02. The molecule has 27 heavy (non-hydrogen) atoms. The van der Waals surface area contributed by atoms with Gasteiger partial charge in [-0.3, -0.25) is 9.13 Å². The standard InChI is InChI=1S/C14H20ClN4O7P/c1-6-17-11(15)8-12(18-6)19(5-16-8)13-10(21)9(20)7(26-13)4-25-27(23,24)14(2,3)22/h5,7,9-10,13,20-22H,4H2,1-3H3,(H,23,24)/t7?,9?,10-,13-/m1/s1. The molecule has 0 amide bonds. The van der Waals surface area contributed by atoms with E-state index in [0.29, 0.717) is 17.0 Å². The number of aryl methyl sites for hydroxylation is 1. The molecule has 1 aliphatic rings. The number of fused-ring (bicyclic) bond motifs is 1. The van der Waals surface area contributed by atoms with Crippen LogP contribution >= 0.6 is 19.2 Å². The summed E-state index contributed by atoms with van der Waals surface area (Å²) in [5, 5.41) is 28.4. The van der Waals surface area contributed by atoms with Gasteiger partial charge in [0, 0.05) is 0 Å². The van der Waals surface area contributed by atoms with Crippen molar-refractivity contribution in [2.45, 2.75) is 50.7 Å². The Morgan fingerprint density at radius 2 is 2.04 bits per heavy atom. The maximum Gasteiger partial charge on any atom is 0.358 e. The van der Waals surface area contributed by atoms with Crippen molar-refractivity contribution in [3.05, 3.63) is 17.3 Å². The largest absolute Gasteiger partial charge is 0.387 e. The van der Waals surface area contributed by atoms with Crippen LogP contribution in [0.2, 0.25) is 5.15 Å². The van der Waals surface area contributed by atoms with E-state index in [-0.39, 0.29) is 5.15 Å². The summed E-state index contributed by atoms with van der Waals surface area (Å²) < 4.78 is 23.9. The molecule has 11 nitrogen and oxygen atoms in total. The third kappa shape index (κ3) is 3.74. The molecule has 2 aromatic rings. The second-order valence-electron chi connectivity index (χ2n) is 6.74. The predicted molar refractivity (Wildman–Crippen MR) is 93.1 cm³/mol. The fraction of sp³-hybridized carbons (Fsp3) is 0.643. The van der Waals surface area contributed by atoms with E-state index in [1.54, 1.807) is 6.92 Å². The van der Waals surface area contributed by atoms with Crippen LogP contribution < -0.4 is 0 Å². The van der Waals surface area contributed by atoms with Crippen molar-refractivity contribution in [2.75, 3.05) is 6.61 Å². The molecule has 1 aliphatic heterocycles. The van der Waals surface area contributed by atoms with Gasteiger partial charge in [-0.2, -0.15) is 0 Å². The highest BCUT2D eigenvalue weighted by Gasteiger charge is 2.47. The maximum atomic E-state index is 12.0. The summed E-state index contributed by atoms with van der Waals surface area (Å²) >= 11 is 6.04. The molecule has 0 radical (unpaired) electrons. The number of aliphatic hydroxyl groups excluding tert-OH is 2. The Bertz CT molecular complexity index is 901. The van der Waals surface area contributed by atoms with Crippen LogP contribution in [0, 0.1) is 6.92 Å². The molecule has 3 heterocycles. The first-order valence-electron chi connectivity index (χ1n) is 8.00. The highest BCUT2D eigenvalue weighted by Crippen LogP contribution is 2.53. The van der Waals surface area contributed by atoms with Crippen LogP contribution in [-0.2, 0) is 13.8 Å². The van der Waals surface area contributed by atoms with E-state index in [9.17, 15) is 24.8 Å². The maximum absolute atomic E-state index is 12.0. The van der Waals surface area contributed by atoms with Crippen LogP contribution in [0.1, 0.15) is 25.9 Å². The van der Waals surface area contributed by atoms with E-state index in [4.69, 9.17) is 20.9 Å². The molecule has 0 aromatic carbocycles. The van der Waals surface area contributed by atoms with Crippen LogP contribution in [0.4, 0.5) is 0 Å². The van der Waals surface area contributed by atoms with Gasteiger partial charge in [0.1, 0.15) is 29.7 Å². The third-order valence-electron chi connectivity index (χ3n) is 4.21. The minimum absolute atomic E-state index is 0.135. The van der Waals surface area contributed by atoms with Crippen molar-refractivity contribution in [1.82, 2.24) is 19.5 Å². The average molecular weight is 423 g/mol. The third-order valence-corrected chi connectivity index (χ3v) is 6.35. The number of hydrogen-bond acceptors (Lipinski definition) is 9. The molecule has 5 atom stereocenters. The van der Waals surface area contributed by atoms with Crippen molar-refractivity contribution in [1.29, 1.82) is 0 Å². The number of aromatic nitrogens is 4. The number of rotatable bonds is 5. The molecule has 1 fully saturated rings. The molecular formula is C14H20ClN4O7P. The smallest absolute Gasteiger partial charge is 0.358 e. The molecule has 0 aliphatic carbocycles. The summed E-state index contributed by atoms with van der Waals surface area (Å²) in [7, 11) is -4.38. The summed E-state index contributed by atoms with van der Waals surface area (Å²) in [5.74, 6) is 0.383. The molecule has 0 bridgehead atoms. The van der Waals surface area contributed by atoms with Gasteiger partial charge in [0.05, 0.1) is 12.9 Å². The van der Waals surface area contributed by atoms with Crippen molar-refractivity contribution in [3.8, 4) is 0 Å². The number of halogens is 1. The van der Waals surface area contributed by atoms with Gasteiger partial charge < -0.3 is 29.5 Å². The fourth-order valence-corrected chi connectivity index (χ4v) is 3.52. The fourth-order valence-electron chi connectivity index (χ4n) is 2.60. The van der Waals surface area contributed by atoms with Gasteiger partial charge >= 0.3 is 7.60 Å². The lowest BCUT2D eigenvalue weighted by Crippen LogP contribution is -2.34. The van der Waals surface area contributed by atoms with Crippen LogP contribution in [0.3, 0.4) is 0 Å². The number of aliphatic hydroxyl groups is 3. The van der Waals surface area contributed by atoms with E-state index >= 15 is 0 Å². The molecule has 4 N–H and O–H groups in total. The SMILES string of the molecule is Cc1nc(Cl)c2ncn([C@@H]3OC(COP(=O)(O)C(C)(C)O)C(O)[C@H]3O)c2n1. The molecule has 3 unspecified atom stereocenters. The van der Waals surface area contributed by atoms with Crippen molar-refractivity contribution < 1.29 is 34.0 Å². The Hall–Kier alpha value is -1.17. The van der Waals surface area contributed by atoms with Crippen molar-refractivity contribution >= 4 is 30.4 Å². The van der Waals surface area contributed by atoms with Gasteiger partial charge in [0.2, 0.25) is 0 Å². The topological polar surface area (TPSA) is 160 Å². The molecule has 0 saturated carbocycles.